The van der Waals surface area contributed by atoms with E-state index < -0.39 is 26.7 Å². The van der Waals surface area contributed by atoms with Gasteiger partial charge in [0.15, 0.2) is 0 Å². The van der Waals surface area contributed by atoms with Crippen molar-refractivity contribution in [3.05, 3.63) is 38.9 Å². The number of hydrogen-bond donors (Lipinski definition) is 1. The molecule has 0 bridgehead atoms. The molecule has 0 saturated heterocycles. The fourth-order valence-electron chi connectivity index (χ4n) is 1.60. The highest BCUT2D eigenvalue weighted by Crippen LogP contribution is 2.22. The first-order valence-electron chi connectivity index (χ1n) is 5.52. The van der Waals surface area contributed by atoms with Crippen molar-refractivity contribution in [2.45, 2.75) is 13.0 Å². The molecule has 0 heterocycles. The molecule has 0 radical (unpaired) electrons. The van der Waals surface area contributed by atoms with Crippen LogP contribution in [0.15, 0.2) is 18.2 Å². The van der Waals surface area contributed by atoms with Gasteiger partial charge in [0.05, 0.1) is 21.3 Å². The maximum absolute atomic E-state index is 11.9. The number of rotatable bonds is 5. The Morgan fingerprint density at radius 1 is 1.50 bits per heavy atom. The second kappa shape index (κ2) is 6.19. The summed E-state index contributed by atoms with van der Waals surface area (Å²) in [6.45, 7) is 1.52. The number of hydrogen-bond acceptors (Lipinski definition) is 5. The molecule has 0 fully saturated rings. The lowest BCUT2D eigenvalue weighted by molar-refractivity contribution is -0.384. The molecular formula is C11H13ClN2O5S. The van der Waals surface area contributed by atoms with Gasteiger partial charge in [-0.1, -0.05) is 11.6 Å². The van der Waals surface area contributed by atoms with Crippen LogP contribution in [-0.4, -0.2) is 37.3 Å². The first-order valence-corrected chi connectivity index (χ1v) is 7.96. The molecule has 1 aromatic rings. The Morgan fingerprint density at radius 3 is 2.60 bits per heavy atom. The second-order valence-electron chi connectivity index (χ2n) is 4.39. The maximum atomic E-state index is 11.9. The molecule has 110 valence electrons. The quantitative estimate of drug-likeness (QED) is 0.652. The number of nitrogens with one attached hydrogen (secondary N) is 1. The highest BCUT2D eigenvalue weighted by molar-refractivity contribution is 7.90. The average Bonchev–Trinajstić information content (AvgIpc) is 2.26. The minimum absolute atomic E-state index is 0.0552. The van der Waals surface area contributed by atoms with E-state index in [2.05, 4.69) is 5.32 Å². The summed E-state index contributed by atoms with van der Waals surface area (Å²) in [5.74, 6) is -0.888. The molecule has 1 amide bonds. The molecule has 1 unspecified atom stereocenters. The van der Waals surface area contributed by atoms with Crippen LogP contribution in [0.3, 0.4) is 0 Å². The number of halogens is 1. The highest BCUT2D eigenvalue weighted by atomic mass is 35.5. The first kappa shape index (κ1) is 16.4. The van der Waals surface area contributed by atoms with Gasteiger partial charge in [0.25, 0.3) is 11.6 Å². The molecular weight excluding hydrogens is 308 g/mol. The minimum Gasteiger partial charge on any atom is -0.349 e. The van der Waals surface area contributed by atoms with Crippen LogP contribution in [0.1, 0.15) is 17.3 Å². The van der Waals surface area contributed by atoms with Crippen molar-refractivity contribution in [1.29, 1.82) is 0 Å². The molecule has 0 spiro atoms. The Labute approximate surface area is 121 Å². The van der Waals surface area contributed by atoms with Crippen LogP contribution in [0.5, 0.6) is 0 Å². The number of nitro benzene ring substituents is 1. The molecule has 0 aliphatic heterocycles. The van der Waals surface area contributed by atoms with Crippen LogP contribution in [0.4, 0.5) is 5.69 Å². The van der Waals surface area contributed by atoms with Crippen LogP contribution in [0.2, 0.25) is 5.02 Å². The summed E-state index contributed by atoms with van der Waals surface area (Å²) in [6, 6.07) is 2.84. The van der Waals surface area contributed by atoms with Gasteiger partial charge in [-0.25, -0.2) is 8.42 Å². The average molecular weight is 321 g/mol. The van der Waals surface area contributed by atoms with Crippen LogP contribution in [-0.2, 0) is 9.84 Å². The summed E-state index contributed by atoms with van der Waals surface area (Å²) in [7, 11) is -3.24. The lowest BCUT2D eigenvalue weighted by atomic mass is 10.2. The number of nitrogens with zero attached hydrogens (tertiary/aromatic N) is 1. The van der Waals surface area contributed by atoms with Gasteiger partial charge in [-0.15, -0.1) is 0 Å². The summed E-state index contributed by atoms with van der Waals surface area (Å²) >= 11 is 5.81. The molecule has 1 atom stereocenters. The predicted molar refractivity (Wildman–Crippen MR) is 74.7 cm³/mol. The summed E-state index contributed by atoms with van der Waals surface area (Å²) in [4.78, 5) is 21.9. The molecule has 9 heteroatoms. The normalized spacial score (nSPS) is 12.8. The molecule has 7 nitrogen and oxygen atoms in total. The third-order valence-electron chi connectivity index (χ3n) is 2.34. The minimum atomic E-state index is -3.24. The number of carbonyl (C=O) groups excluding carboxylic acids is 1. The van der Waals surface area contributed by atoms with Crippen LogP contribution in [0, 0.1) is 10.1 Å². The van der Waals surface area contributed by atoms with Crippen molar-refractivity contribution in [3.8, 4) is 0 Å². The van der Waals surface area contributed by atoms with E-state index in [1.807, 2.05) is 0 Å². The predicted octanol–water partition coefficient (Wildman–Crippen LogP) is 1.41. The van der Waals surface area contributed by atoms with Gasteiger partial charge in [-0.05, 0) is 13.0 Å². The fraction of sp³-hybridized carbons (Fsp3) is 0.364. The van der Waals surface area contributed by atoms with Crippen molar-refractivity contribution in [3.63, 3.8) is 0 Å². The summed E-state index contributed by atoms with van der Waals surface area (Å²) < 4.78 is 22.2. The lowest BCUT2D eigenvalue weighted by Gasteiger charge is -2.13. The molecule has 0 aliphatic carbocycles. The third kappa shape index (κ3) is 4.78. The van der Waals surface area contributed by atoms with Crippen LogP contribution < -0.4 is 5.32 Å². The molecule has 1 rings (SSSR count). The Kier molecular flexibility index (Phi) is 5.07. The molecule has 1 N–H and O–H groups in total. The van der Waals surface area contributed by atoms with Crippen molar-refractivity contribution >= 4 is 33.0 Å². The topological polar surface area (TPSA) is 106 Å². The zero-order chi connectivity index (χ0) is 15.5. The summed E-state index contributed by atoms with van der Waals surface area (Å²) in [5.41, 5.74) is -0.337. The third-order valence-corrected chi connectivity index (χ3v) is 3.77. The number of sulfone groups is 1. The van der Waals surface area contributed by atoms with E-state index >= 15 is 0 Å². The van der Waals surface area contributed by atoms with E-state index in [4.69, 9.17) is 11.6 Å². The monoisotopic (exact) mass is 320 g/mol. The van der Waals surface area contributed by atoms with E-state index in [1.54, 1.807) is 0 Å². The molecule has 0 aromatic heterocycles. The zero-order valence-electron chi connectivity index (χ0n) is 10.8. The number of amides is 1. The van der Waals surface area contributed by atoms with E-state index in [1.165, 1.54) is 19.1 Å². The Morgan fingerprint density at radius 2 is 2.10 bits per heavy atom. The van der Waals surface area contributed by atoms with Crippen molar-refractivity contribution in [2.24, 2.45) is 0 Å². The number of non-ortho nitro benzene ring substituents is 1. The standard InChI is InChI=1S/C11H13ClN2O5S/c1-7(6-20(2,18)19)13-11(15)9-5-8(14(16)17)3-4-10(9)12/h3-5,7H,6H2,1-2H3,(H,13,15). The van der Waals surface area contributed by atoms with Gasteiger partial charge < -0.3 is 5.32 Å². The zero-order valence-corrected chi connectivity index (χ0v) is 12.4. The SMILES string of the molecule is CC(CS(C)(=O)=O)NC(=O)c1cc([N+](=O)[O-])ccc1Cl. The first-order chi connectivity index (χ1) is 9.10. The number of carbonyl (C=O) groups is 1. The largest absolute Gasteiger partial charge is 0.349 e. The van der Waals surface area contributed by atoms with Crippen molar-refractivity contribution in [1.82, 2.24) is 5.32 Å². The lowest BCUT2D eigenvalue weighted by Crippen LogP contribution is -2.37. The number of nitro groups is 1. The van der Waals surface area contributed by atoms with Crippen LogP contribution >= 0.6 is 11.6 Å². The highest BCUT2D eigenvalue weighted by Gasteiger charge is 2.19. The molecule has 0 saturated carbocycles. The van der Waals surface area contributed by atoms with E-state index in [0.29, 0.717) is 0 Å². The van der Waals surface area contributed by atoms with Crippen molar-refractivity contribution in [2.75, 3.05) is 12.0 Å². The number of benzene rings is 1. The van der Waals surface area contributed by atoms with Gasteiger partial charge in [0, 0.05) is 24.4 Å². The fourth-order valence-corrected chi connectivity index (χ4v) is 2.79. The van der Waals surface area contributed by atoms with Gasteiger partial charge >= 0.3 is 0 Å². The van der Waals surface area contributed by atoms with Gasteiger partial charge in [0.1, 0.15) is 9.84 Å². The Bertz CT molecular complexity index is 644. The maximum Gasteiger partial charge on any atom is 0.270 e. The van der Waals surface area contributed by atoms with Gasteiger partial charge in [-0.2, -0.15) is 0 Å². The van der Waals surface area contributed by atoms with Crippen molar-refractivity contribution < 1.29 is 18.1 Å². The summed E-state index contributed by atoms with van der Waals surface area (Å²) in [5, 5.41) is 13.1. The second-order valence-corrected chi connectivity index (χ2v) is 6.98. The van der Waals surface area contributed by atoms with E-state index in [9.17, 15) is 23.3 Å². The van der Waals surface area contributed by atoms with Crippen LogP contribution in [0.25, 0.3) is 0 Å². The van der Waals surface area contributed by atoms with Gasteiger partial charge in [0.2, 0.25) is 0 Å². The molecule has 20 heavy (non-hydrogen) atoms. The summed E-state index contributed by atoms with van der Waals surface area (Å²) in [6.07, 6.45) is 1.05. The van der Waals surface area contributed by atoms with E-state index in [-0.39, 0.29) is 22.0 Å². The molecule has 0 aliphatic rings. The Hall–Kier alpha value is -1.67. The molecule has 1 aromatic carbocycles. The smallest absolute Gasteiger partial charge is 0.270 e. The Balaban J connectivity index is 2.92. The van der Waals surface area contributed by atoms with Gasteiger partial charge in [-0.3, -0.25) is 14.9 Å². The van der Waals surface area contributed by atoms with E-state index in [0.717, 1.165) is 12.3 Å².